The van der Waals surface area contributed by atoms with Crippen molar-refractivity contribution in [3.63, 3.8) is 0 Å². The van der Waals surface area contributed by atoms with Gasteiger partial charge in [0.25, 0.3) is 0 Å². The van der Waals surface area contributed by atoms with Crippen molar-refractivity contribution in [1.29, 1.82) is 0 Å². The van der Waals surface area contributed by atoms with E-state index < -0.39 is 18.4 Å². The third-order valence-corrected chi connectivity index (χ3v) is 2.56. The largest absolute Gasteiger partial charge is 0.411 e. The highest BCUT2D eigenvalue weighted by Crippen LogP contribution is 2.34. The van der Waals surface area contributed by atoms with Crippen molar-refractivity contribution < 1.29 is 17.9 Å². The lowest BCUT2D eigenvalue weighted by Gasteiger charge is -2.29. The third-order valence-electron chi connectivity index (χ3n) is 2.56. The number of alkyl halides is 3. The number of hydrogen-bond donors (Lipinski definition) is 1. The lowest BCUT2D eigenvalue weighted by Crippen LogP contribution is -2.41. The molecule has 84 valence electrons. The Balaban J connectivity index is 2.43. The fourth-order valence-corrected chi connectivity index (χ4v) is 1.95. The molecule has 0 amide bonds. The zero-order valence-electron chi connectivity index (χ0n) is 8.28. The van der Waals surface area contributed by atoms with Crippen molar-refractivity contribution in [2.24, 2.45) is 0 Å². The van der Waals surface area contributed by atoms with Gasteiger partial charge in [-0.3, -0.25) is 0 Å². The van der Waals surface area contributed by atoms with E-state index in [0.29, 0.717) is 6.54 Å². The Hall–Kier alpha value is -0.290. The Bertz CT molecular complexity index is 175. The molecule has 1 aliphatic rings. The number of halogens is 3. The molecule has 0 unspecified atom stereocenters. The Kier molecular flexibility index (Phi) is 3.78. The van der Waals surface area contributed by atoms with Crippen LogP contribution in [0, 0.1) is 0 Å². The zero-order valence-corrected chi connectivity index (χ0v) is 8.28. The smallest absolute Gasteiger partial charge is 0.364 e. The van der Waals surface area contributed by atoms with Crippen LogP contribution in [0.5, 0.6) is 0 Å². The fourth-order valence-electron chi connectivity index (χ4n) is 1.95. The first-order chi connectivity index (χ1) is 6.47. The van der Waals surface area contributed by atoms with Crippen molar-refractivity contribution in [1.82, 2.24) is 5.32 Å². The lowest BCUT2D eigenvalue weighted by atomic mass is 10.0. The van der Waals surface area contributed by atoms with Gasteiger partial charge in [0.1, 0.15) is 6.61 Å². The van der Waals surface area contributed by atoms with E-state index in [1.165, 1.54) is 0 Å². The van der Waals surface area contributed by atoms with E-state index in [4.69, 9.17) is 4.74 Å². The SMILES string of the molecule is CNCC1(OCC(F)(F)F)CCCC1. The number of nitrogens with one attached hydrogen (secondary N) is 1. The summed E-state index contributed by atoms with van der Waals surface area (Å²) in [7, 11) is 1.73. The van der Waals surface area contributed by atoms with Crippen LogP contribution >= 0.6 is 0 Å². The van der Waals surface area contributed by atoms with Gasteiger partial charge in [-0.15, -0.1) is 0 Å². The molecular formula is C9H16F3NO. The monoisotopic (exact) mass is 211 g/mol. The maximum atomic E-state index is 12.0. The van der Waals surface area contributed by atoms with Crippen LogP contribution in [-0.4, -0.2) is 32.0 Å². The first kappa shape index (κ1) is 11.8. The van der Waals surface area contributed by atoms with E-state index in [1.807, 2.05) is 0 Å². The highest BCUT2D eigenvalue weighted by atomic mass is 19.4. The molecular weight excluding hydrogens is 195 g/mol. The standard InChI is InChI=1S/C9H16F3NO/c1-13-6-8(4-2-3-5-8)14-7-9(10,11)12/h13H,2-7H2,1H3. The molecule has 0 aromatic rings. The molecule has 0 aliphatic heterocycles. The van der Waals surface area contributed by atoms with E-state index in [0.717, 1.165) is 25.7 Å². The molecule has 14 heavy (non-hydrogen) atoms. The minimum Gasteiger partial charge on any atom is -0.364 e. The first-order valence-electron chi connectivity index (χ1n) is 4.83. The van der Waals surface area contributed by atoms with Crippen molar-refractivity contribution >= 4 is 0 Å². The Morgan fingerprint density at radius 2 is 1.86 bits per heavy atom. The summed E-state index contributed by atoms with van der Waals surface area (Å²) in [6.45, 7) is -0.627. The molecule has 1 aliphatic carbocycles. The summed E-state index contributed by atoms with van der Waals surface area (Å²) in [4.78, 5) is 0. The van der Waals surface area contributed by atoms with Crippen LogP contribution < -0.4 is 5.32 Å². The second kappa shape index (κ2) is 4.49. The summed E-state index contributed by atoms with van der Waals surface area (Å²) in [6, 6.07) is 0. The van der Waals surface area contributed by atoms with Crippen molar-refractivity contribution in [2.45, 2.75) is 37.5 Å². The van der Waals surface area contributed by atoms with Crippen LogP contribution in [-0.2, 0) is 4.74 Å². The lowest BCUT2D eigenvalue weighted by molar-refractivity contribution is -0.203. The van der Waals surface area contributed by atoms with Gasteiger partial charge in [-0.05, 0) is 19.9 Å². The number of likely N-dealkylation sites (N-methyl/N-ethyl adjacent to an activating group) is 1. The second-order valence-corrected chi connectivity index (χ2v) is 3.82. The molecule has 0 radical (unpaired) electrons. The zero-order chi connectivity index (χ0) is 10.7. The normalized spacial score (nSPS) is 21.4. The number of ether oxygens (including phenoxy) is 1. The molecule has 0 aromatic heterocycles. The van der Waals surface area contributed by atoms with Gasteiger partial charge in [0.05, 0.1) is 5.60 Å². The summed E-state index contributed by atoms with van der Waals surface area (Å²) in [5.41, 5.74) is -0.579. The first-order valence-corrected chi connectivity index (χ1v) is 4.83. The minimum atomic E-state index is -4.22. The van der Waals surface area contributed by atoms with Crippen molar-refractivity contribution in [3.8, 4) is 0 Å². The quantitative estimate of drug-likeness (QED) is 0.768. The predicted octanol–water partition coefficient (Wildman–Crippen LogP) is 2.10. The third kappa shape index (κ3) is 3.46. The van der Waals surface area contributed by atoms with Crippen LogP contribution in [0.4, 0.5) is 13.2 Å². The highest BCUT2D eigenvalue weighted by molar-refractivity contribution is 4.88. The summed E-state index contributed by atoms with van der Waals surface area (Å²) in [5.74, 6) is 0. The van der Waals surface area contributed by atoms with Crippen LogP contribution in [0.1, 0.15) is 25.7 Å². The minimum absolute atomic E-state index is 0.503. The van der Waals surface area contributed by atoms with Gasteiger partial charge in [-0.1, -0.05) is 12.8 Å². The maximum Gasteiger partial charge on any atom is 0.411 e. The maximum absolute atomic E-state index is 12.0. The van der Waals surface area contributed by atoms with Crippen LogP contribution in [0.25, 0.3) is 0 Å². The molecule has 0 saturated heterocycles. The molecule has 1 N–H and O–H groups in total. The van der Waals surface area contributed by atoms with Gasteiger partial charge in [-0.2, -0.15) is 13.2 Å². The number of rotatable bonds is 4. The van der Waals surface area contributed by atoms with E-state index in [2.05, 4.69) is 5.32 Å². The molecule has 0 spiro atoms. The molecule has 0 heterocycles. The second-order valence-electron chi connectivity index (χ2n) is 3.82. The molecule has 0 atom stereocenters. The van der Waals surface area contributed by atoms with Gasteiger partial charge in [0.2, 0.25) is 0 Å². The Labute approximate surface area is 81.8 Å². The molecule has 0 aromatic carbocycles. The van der Waals surface area contributed by atoms with Gasteiger partial charge in [-0.25, -0.2) is 0 Å². The molecule has 5 heteroatoms. The Morgan fingerprint density at radius 3 is 2.29 bits per heavy atom. The van der Waals surface area contributed by atoms with E-state index in [1.54, 1.807) is 7.05 Å². The van der Waals surface area contributed by atoms with Gasteiger partial charge in [0, 0.05) is 6.54 Å². The van der Waals surface area contributed by atoms with Gasteiger partial charge >= 0.3 is 6.18 Å². The van der Waals surface area contributed by atoms with E-state index in [9.17, 15) is 13.2 Å². The molecule has 1 fully saturated rings. The molecule has 1 rings (SSSR count). The summed E-state index contributed by atoms with van der Waals surface area (Å²) < 4.78 is 40.9. The average Bonchev–Trinajstić information content (AvgIpc) is 2.50. The predicted molar refractivity (Wildman–Crippen MR) is 47.1 cm³/mol. The number of hydrogen-bond acceptors (Lipinski definition) is 2. The van der Waals surface area contributed by atoms with Gasteiger partial charge in [0.15, 0.2) is 0 Å². The molecule has 1 saturated carbocycles. The Morgan fingerprint density at radius 1 is 1.29 bits per heavy atom. The van der Waals surface area contributed by atoms with Crippen molar-refractivity contribution in [3.05, 3.63) is 0 Å². The highest BCUT2D eigenvalue weighted by Gasteiger charge is 2.38. The van der Waals surface area contributed by atoms with Crippen LogP contribution in [0.3, 0.4) is 0 Å². The van der Waals surface area contributed by atoms with E-state index >= 15 is 0 Å². The topological polar surface area (TPSA) is 21.3 Å². The van der Waals surface area contributed by atoms with Crippen LogP contribution in [0.15, 0.2) is 0 Å². The molecule has 0 bridgehead atoms. The van der Waals surface area contributed by atoms with Gasteiger partial charge < -0.3 is 10.1 Å². The molecule has 2 nitrogen and oxygen atoms in total. The van der Waals surface area contributed by atoms with E-state index in [-0.39, 0.29) is 0 Å². The summed E-state index contributed by atoms with van der Waals surface area (Å²) >= 11 is 0. The van der Waals surface area contributed by atoms with Crippen LogP contribution in [0.2, 0.25) is 0 Å². The summed E-state index contributed by atoms with van der Waals surface area (Å²) in [5, 5.41) is 2.89. The van der Waals surface area contributed by atoms with Crippen molar-refractivity contribution in [2.75, 3.05) is 20.2 Å². The average molecular weight is 211 g/mol. The summed E-state index contributed by atoms with van der Waals surface area (Å²) in [6.07, 6.45) is -0.851. The fraction of sp³-hybridized carbons (Fsp3) is 1.00.